The first-order valence-corrected chi connectivity index (χ1v) is 7.53. The van der Waals surface area contributed by atoms with Gasteiger partial charge < -0.3 is 15.2 Å². The lowest BCUT2D eigenvalue weighted by atomic mass is 10.1. The number of nitrogens with two attached hydrogens (primary N) is 1. The molecule has 2 N–H and O–H groups in total. The number of aromatic nitrogens is 1. The maximum Gasteiger partial charge on any atom is 0.161 e. The fourth-order valence-electron chi connectivity index (χ4n) is 1.97. The standard InChI is InChI=1S/C16H19BrN2O2/c1-11(18)7-12-3-6-15(16(8-12)20-2)21-10-14-5-4-13(17)9-19-14/h3-6,8-9,11H,7,10,18H2,1-2H3. The summed E-state index contributed by atoms with van der Waals surface area (Å²) in [6.45, 7) is 2.38. The Kier molecular flexibility index (Phi) is 5.59. The second kappa shape index (κ2) is 7.43. The SMILES string of the molecule is COc1cc(CC(C)N)ccc1OCc1ccc(Br)cn1. The van der Waals surface area contributed by atoms with Gasteiger partial charge in [-0.15, -0.1) is 0 Å². The van der Waals surface area contributed by atoms with Gasteiger partial charge in [0.25, 0.3) is 0 Å². The average Bonchev–Trinajstić information content (AvgIpc) is 2.47. The Morgan fingerprint density at radius 3 is 2.67 bits per heavy atom. The molecule has 4 nitrogen and oxygen atoms in total. The van der Waals surface area contributed by atoms with Crippen LogP contribution in [0.5, 0.6) is 11.5 Å². The normalized spacial score (nSPS) is 12.0. The predicted octanol–water partition coefficient (Wildman–Crippen LogP) is 3.32. The van der Waals surface area contributed by atoms with Crippen LogP contribution in [0.1, 0.15) is 18.2 Å². The Morgan fingerprint density at radius 1 is 1.24 bits per heavy atom. The fourth-order valence-corrected chi connectivity index (χ4v) is 2.21. The van der Waals surface area contributed by atoms with E-state index in [0.29, 0.717) is 18.1 Å². The number of ether oxygens (including phenoxy) is 2. The third-order valence-electron chi connectivity index (χ3n) is 2.95. The van der Waals surface area contributed by atoms with Gasteiger partial charge in [-0.2, -0.15) is 0 Å². The Labute approximate surface area is 133 Å². The van der Waals surface area contributed by atoms with E-state index in [1.807, 2.05) is 37.3 Å². The molecular formula is C16H19BrN2O2. The molecule has 0 saturated heterocycles. The molecule has 112 valence electrons. The van der Waals surface area contributed by atoms with Crippen molar-refractivity contribution >= 4 is 15.9 Å². The number of hydrogen-bond donors (Lipinski definition) is 1. The lowest BCUT2D eigenvalue weighted by Crippen LogP contribution is -2.17. The lowest BCUT2D eigenvalue weighted by molar-refractivity contribution is 0.280. The highest BCUT2D eigenvalue weighted by atomic mass is 79.9. The number of hydrogen-bond acceptors (Lipinski definition) is 4. The summed E-state index contributed by atoms with van der Waals surface area (Å²) in [6, 6.07) is 9.86. The van der Waals surface area contributed by atoms with Gasteiger partial charge in [0, 0.05) is 16.7 Å². The Morgan fingerprint density at radius 2 is 2.05 bits per heavy atom. The van der Waals surface area contributed by atoms with Crippen molar-refractivity contribution in [1.82, 2.24) is 4.98 Å². The van der Waals surface area contributed by atoms with Gasteiger partial charge in [0.05, 0.1) is 12.8 Å². The van der Waals surface area contributed by atoms with Gasteiger partial charge in [-0.25, -0.2) is 0 Å². The first kappa shape index (κ1) is 15.8. The number of nitrogens with zero attached hydrogens (tertiary/aromatic N) is 1. The summed E-state index contributed by atoms with van der Waals surface area (Å²) in [4.78, 5) is 4.28. The third kappa shape index (κ3) is 4.72. The van der Waals surface area contributed by atoms with Crippen LogP contribution in [-0.4, -0.2) is 18.1 Å². The molecule has 0 aliphatic carbocycles. The highest BCUT2D eigenvalue weighted by Gasteiger charge is 2.08. The van der Waals surface area contributed by atoms with Crippen LogP contribution in [0.25, 0.3) is 0 Å². The zero-order chi connectivity index (χ0) is 15.2. The minimum absolute atomic E-state index is 0.119. The molecular weight excluding hydrogens is 332 g/mol. The summed E-state index contributed by atoms with van der Waals surface area (Å²) in [5.74, 6) is 1.42. The quantitative estimate of drug-likeness (QED) is 0.867. The molecule has 1 aromatic heterocycles. The number of rotatable bonds is 6. The molecule has 0 bridgehead atoms. The molecule has 0 saturated carbocycles. The zero-order valence-electron chi connectivity index (χ0n) is 12.2. The number of halogens is 1. The van der Waals surface area contributed by atoms with E-state index in [0.717, 1.165) is 22.2 Å². The van der Waals surface area contributed by atoms with E-state index in [-0.39, 0.29) is 6.04 Å². The molecule has 1 heterocycles. The summed E-state index contributed by atoms with van der Waals surface area (Å²) in [6.07, 6.45) is 2.56. The summed E-state index contributed by atoms with van der Waals surface area (Å²) in [5, 5.41) is 0. The molecule has 0 fully saturated rings. The number of methoxy groups -OCH3 is 1. The second-order valence-corrected chi connectivity index (χ2v) is 5.84. The van der Waals surface area contributed by atoms with Crippen LogP contribution in [-0.2, 0) is 13.0 Å². The van der Waals surface area contributed by atoms with E-state index < -0.39 is 0 Å². The van der Waals surface area contributed by atoms with Crippen molar-refractivity contribution in [3.05, 3.63) is 52.3 Å². The molecule has 0 radical (unpaired) electrons. The Balaban J connectivity index is 2.07. The molecule has 5 heteroatoms. The van der Waals surface area contributed by atoms with Gasteiger partial charge in [-0.3, -0.25) is 4.98 Å². The molecule has 1 atom stereocenters. The van der Waals surface area contributed by atoms with E-state index >= 15 is 0 Å². The molecule has 0 spiro atoms. The molecule has 0 amide bonds. The van der Waals surface area contributed by atoms with Crippen LogP contribution < -0.4 is 15.2 Å². The van der Waals surface area contributed by atoms with Crippen molar-refractivity contribution in [2.75, 3.05) is 7.11 Å². The van der Waals surface area contributed by atoms with Crippen LogP contribution in [0.2, 0.25) is 0 Å². The number of pyridine rings is 1. The van der Waals surface area contributed by atoms with Gasteiger partial charge in [0.15, 0.2) is 11.5 Å². The summed E-state index contributed by atoms with van der Waals surface area (Å²) in [7, 11) is 1.63. The zero-order valence-corrected chi connectivity index (χ0v) is 13.8. The molecule has 0 aliphatic heterocycles. The van der Waals surface area contributed by atoms with Crippen molar-refractivity contribution in [3.63, 3.8) is 0 Å². The number of benzene rings is 1. The van der Waals surface area contributed by atoms with Crippen molar-refractivity contribution < 1.29 is 9.47 Å². The van der Waals surface area contributed by atoms with Crippen LogP contribution in [0, 0.1) is 0 Å². The van der Waals surface area contributed by atoms with E-state index in [2.05, 4.69) is 20.9 Å². The maximum atomic E-state index is 5.82. The molecule has 21 heavy (non-hydrogen) atoms. The summed E-state index contributed by atoms with van der Waals surface area (Å²) >= 11 is 3.36. The first-order chi connectivity index (χ1) is 10.1. The summed E-state index contributed by atoms with van der Waals surface area (Å²) in [5.41, 5.74) is 7.81. The topological polar surface area (TPSA) is 57.4 Å². The minimum atomic E-state index is 0.119. The molecule has 2 aromatic rings. The van der Waals surface area contributed by atoms with Gasteiger partial charge in [0.2, 0.25) is 0 Å². The monoisotopic (exact) mass is 350 g/mol. The predicted molar refractivity (Wildman–Crippen MR) is 86.6 cm³/mol. The average molecular weight is 351 g/mol. The van der Waals surface area contributed by atoms with E-state index in [9.17, 15) is 0 Å². The van der Waals surface area contributed by atoms with Crippen molar-refractivity contribution in [1.29, 1.82) is 0 Å². The molecule has 1 aromatic carbocycles. The largest absolute Gasteiger partial charge is 0.493 e. The third-order valence-corrected chi connectivity index (χ3v) is 3.42. The van der Waals surface area contributed by atoms with Gasteiger partial charge in [-0.05, 0) is 59.1 Å². The van der Waals surface area contributed by atoms with Crippen molar-refractivity contribution in [2.45, 2.75) is 26.0 Å². The second-order valence-electron chi connectivity index (χ2n) is 4.92. The van der Waals surface area contributed by atoms with E-state index in [1.165, 1.54) is 0 Å². The van der Waals surface area contributed by atoms with Crippen LogP contribution in [0.15, 0.2) is 41.0 Å². The maximum absolute atomic E-state index is 5.82. The van der Waals surface area contributed by atoms with Crippen LogP contribution in [0.4, 0.5) is 0 Å². The smallest absolute Gasteiger partial charge is 0.161 e. The minimum Gasteiger partial charge on any atom is -0.493 e. The highest BCUT2D eigenvalue weighted by molar-refractivity contribution is 9.10. The van der Waals surface area contributed by atoms with Crippen molar-refractivity contribution in [3.8, 4) is 11.5 Å². The Bertz CT molecular complexity index is 585. The van der Waals surface area contributed by atoms with Gasteiger partial charge in [-0.1, -0.05) is 6.07 Å². The fraction of sp³-hybridized carbons (Fsp3) is 0.312. The van der Waals surface area contributed by atoms with Crippen LogP contribution in [0.3, 0.4) is 0 Å². The molecule has 2 rings (SSSR count). The van der Waals surface area contributed by atoms with E-state index in [4.69, 9.17) is 15.2 Å². The van der Waals surface area contributed by atoms with Crippen molar-refractivity contribution in [2.24, 2.45) is 5.73 Å². The van der Waals surface area contributed by atoms with Gasteiger partial charge >= 0.3 is 0 Å². The first-order valence-electron chi connectivity index (χ1n) is 6.74. The van der Waals surface area contributed by atoms with Gasteiger partial charge in [0.1, 0.15) is 6.61 Å². The Hall–Kier alpha value is -1.59. The van der Waals surface area contributed by atoms with Crippen LogP contribution >= 0.6 is 15.9 Å². The highest BCUT2D eigenvalue weighted by Crippen LogP contribution is 2.29. The summed E-state index contributed by atoms with van der Waals surface area (Å²) < 4.78 is 12.1. The van der Waals surface area contributed by atoms with E-state index in [1.54, 1.807) is 13.3 Å². The molecule has 1 unspecified atom stereocenters. The molecule has 0 aliphatic rings. The lowest BCUT2D eigenvalue weighted by Gasteiger charge is -2.13.